The summed E-state index contributed by atoms with van der Waals surface area (Å²) in [6, 6.07) is 47.3. The van der Waals surface area contributed by atoms with Crippen LogP contribution in [0.2, 0.25) is 0 Å². The molecule has 0 saturated carbocycles. The molecule has 8 rings (SSSR count). The summed E-state index contributed by atoms with van der Waals surface area (Å²) in [7, 11) is 0. The van der Waals surface area contributed by atoms with Gasteiger partial charge in [0.05, 0.1) is 0 Å². The summed E-state index contributed by atoms with van der Waals surface area (Å²) in [5, 5.41) is 16.6. The van der Waals surface area contributed by atoms with Crippen molar-refractivity contribution in [1.82, 2.24) is 29.8 Å². The number of anilines is 1. The van der Waals surface area contributed by atoms with E-state index in [9.17, 15) is 9.59 Å². The van der Waals surface area contributed by atoms with Crippen LogP contribution >= 0.6 is 0 Å². The van der Waals surface area contributed by atoms with Gasteiger partial charge in [0.2, 0.25) is 11.9 Å². The highest BCUT2D eigenvalue weighted by Gasteiger charge is 2.42. The molecule has 0 radical (unpaired) electrons. The average Bonchev–Trinajstić information content (AvgIpc) is 3.83. The number of unbranched alkanes of at least 4 members (excludes halogenated alkanes) is 1. The predicted molar refractivity (Wildman–Crippen MR) is 211 cm³/mol. The molecule has 0 bridgehead atoms. The molecular weight excluding hydrogens is 671 g/mol. The normalized spacial score (nSPS) is 13.8. The Hall–Kier alpha value is -6.48. The predicted octanol–water partition coefficient (Wildman–Crippen LogP) is 8.24. The lowest BCUT2D eigenvalue weighted by atomic mass is 9.77. The van der Waals surface area contributed by atoms with Gasteiger partial charge in [-0.2, -0.15) is 4.98 Å². The lowest BCUT2D eigenvalue weighted by molar-refractivity contribution is -0.118. The van der Waals surface area contributed by atoms with E-state index in [4.69, 9.17) is 10.3 Å². The third kappa shape index (κ3) is 6.01. The van der Waals surface area contributed by atoms with Crippen molar-refractivity contribution in [1.29, 1.82) is 0 Å². The van der Waals surface area contributed by atoms with Gasteiger partial charge in [0, 0.05) is 23.2 Å². The highest BCUT2D eigenvalue weighted by atomic mass is 16.2. The van der Waals surface area contributed by atoms with E-state index in [0.29, 0.717) is 36.6 Å². The van der Waals surface area contributed by atoms with Gasteiger partial charge in [-0.1, -0.05) is 160 Å². The molecule has 1 N–H and O–H groups in total. The van der Waals surface area contributed by atoms with Gasteiger partial charge in [0.25, 0.3) is 5.56 Å². The third-order valence-corrected chi connectivity index (χ3v) is 10.5. The molecule has 9 heteroatoms. The molecule has 0 fully saturated rings. The van der Waals surface area contributed by atoms with E-state index in [1.807, 2.05) is 82.9 Å². The summed E-state index contributed by atoms with van der Waals surface area (Å²) in [6.45, 7) is 4.12. The summed E-state index contributed by atoms with van der Waals surface area (Å²) in [5.41, 5.74) is 7.29. The van der Waals surface area contributed by atoms with Crippen molar-refractivity contribution >= 4 is 11.9 Å². The Morgan fingerprint density at radius 1 is 0.704 bits per heavy atom. The first-order valence-electron chi connectivity index (χ1n) is 18.6. The largest absolute Gasteiger partial charge is 0.303 e. The summed E-state index contributed by atoms with van der Waals surface area (Å²) < 4.78 is 3.92. The minimum absolute atomic E-state index is 0.109. The van der Waals surface area contributed by atoms with Crippen LogP contribution in [0.4, 0.5) is 5.95 Å². The van der Waals surface area contributed by atoms with Crippen LogP contribution in [0.1, 0.15) is 72.7 Å². The Morgan fingerprint density at radius 2 is 1.28 bits per heavy atom. The lowest BCUT2D eigenvalue weighted by Crippen LogP contribution is -2.39. The van der Waals surface area contributed by atoms with E-state index in [1.54, 1.807) is 0 Å². The minimum Gasteiger partial charge on any atom is -0.303 e. The van der Waals surface area contributed by atoms with Crippen LogP contribution in [-0.4, -0.2) is 35.7 Å². The van der Waals surface area contributed by atoms with E-state index >= 15 is 0 Å². The fraction of sp³-hybridized carbons (Fsp3) is 0.200. The zero-order chi connectivity index (χ0) is 37.1. The molecule has 1 aliphatic rings. The third-order valence-electron chi connectivity index (χ3n) is 10.5. The highest BCUT2D eigenvalue weighted by molar-refractivity contribution is 5.96. The number of nitrogens with zero attached hydrogens (tertiary/aromatic N) is 6. The number of rotatable bonds is 12. The van der Waals surface area contributed by atoms with Gasteiger partial charge in [-0.3, -0.25) is 14.9 Å². The Labute approximate surface area is 314 Å². The molecule has 0 saturated heterocycles. The second-order valence-electron chi connectivity index (χ2n) is 13.7. The molecule has 9 nitrogen and oxygen atoms in total. The van der Waals surface area contributed by atoms with Gasteiger partial charge in [0.15, 0.2) is 5.82 Å². The summed E-state index contributed by atoms with van der Waals surface area (Å²) >= 11 is 0. The van der Waals surface area contributed by atoms with Crippen molar-refractivity contribution in [3.63, 3.8) is 0 Å². The quantitative estimate of drug-likeness (QED) is 0.128. The molecule has 54 heavy (non-hydrogen) atoms. The van der Waals surface area contributed by atoms with Crippen LogP contribution in [0.5, 0.6) is 0 Å². The first-order valence-corrected chi connectivity index (χ1v) is 18.6. The Balaban J connectivity index is 1.22. The SMILES string of the molecule is CCCCc1c(Cc2ccc(-c3ccccc3-c3nnnn3C(c3ccccc3)(c3ccccc3)c3ccccc3)cc2)c(=O)nc2n1C(CC)C(=O)N2. The maximum Gasteiger partial charge on any atom is 0.278 e. The van der Waals surface area contributed by atoms with Crippen LogP contribution in [0.3, 0.4) is 0 Å². The van der Waals surface area contributed by atoms with Crippen LogP contribution in [0.15, 0.2) is 144 Å². The lowest BCUT2D eigenvalue weighted by Gasteiger charge is -2.36. The van der Waals surface area contributed by atoms with Crippen molar-refractivity contribution < 1.29 is 4.79 Å². The Kier molecular flexibility index (Phi) is 9.53. The van der Waals surface area contributed by atoms with Gasteiger partial charge >= 0.3 is 0 Å². The van der Waals surface area contributed by atoms with Crippen molar-refractivity contribution in [2.45, 2.75) is 57.5 Å². The maximum atomic E-state index is 13.5. The maximum absolute atomic E-state index is 13.5. The number of amides is 1. The molecule has 1 aliphatic heterocycles. The van der Waals surface area contributed by atoms with Crippen LogP contribution in [-0.2, 0) is 23.2 Å². The number of benzene rings is 5. The second kappa shape index (κ2) is 14.9. The summed E-state index contributed by atoms with van der Waals surface area (Å²) in [5.74, 6) is 0.872. The first-order chi connectivity index (χ1) is 26.5. The summed E-state index contributed by atoms with van der Waals surface area (Å²) in [6.07, 6.45) is 3.64. The van der Waals surface area contributed by atoms with Gasteiger partial charge in [-0.25, -0.2) is 4.68 Å². The van der Waals surface area contributed by atoms with E-state index in [1.165, 1.54) is 0 Å². The van der Waals surface area contributed by atoms with Gasteiger partial charge in [-0.15, -0.1) is 5.10 Å². The molecule has 0 spiro atoms. The molecular formula is C45H41N7O2. The molecule has 1 unspecified atom stereocenters. The average molecular weight is 712 g/mol. The second-order valence-corrected chi connectivity index (χ2v) is 13.7. The van der Waals surface area contributed by atoms with Crippen molar-refractivity contribution in [3.8, 4) is 22.5 Å². The highest BCUT2D eigenvalue weighted by Crippen LogP contribution is 2.43. The molecule has 1 amide bonds. The van der Waals surface area contributed by atoms with Gasteiger partial charge in [0.1, 0.15) is 11.6 Å². The van der Waals surface area contributed by atoms with Crippen LogP contribution < -0.4 is 10.9 Å². The Bertz CT molecular complexity index is 2360. The number of carbonyl (C=O) groups is 1. The molecule has 1 atom stereocenters. The number of nitrogens with one attached hydrogen (secondary N) is 1. The molecule has 0 aliphatic carbocycles. The van der Waals surface area contributed by atoms with E-state index in [0.717, 1.165) is 57.5 Å². The Morgan fingerprint density at radius 3 is 1.85 bits per heavy atom. The molecule has 3 heterocycles. The van der Waals surface area contributed by atoms with Crippen molar-refractivity contribution in [2.75, 3.05) is 5.32 Å². The number of aromatic nitrogens is 6. The standard InChI is InChI=1S/C45H41N7O2/c1-3-5-25-40-38(42(53)46-44-47-43(54)39(4-2)51(40)44)30-31-26-28-32(29-27-31)36-23-15-16-24-37(36)41-48-49-50-52(41)45(33-17-9-6-10-18-33,34-19-11-7-12-20-34)35-21-13-8-14-22-35/h6-24,26-29,39H,3-5,25,30H2,1-2H3,(H,46,47,53,54). The minimum atomic E-state index is -0.885. The fourth-order valence-electron chi connectivity index (χ4n) is 7.93. The van der Waals surface area contributed by atoms with E-state index in [-0.39, 0.29) is 17.5 Å². The number of hydrogen-bond donors (Lipinski definition) is 1. The fourth-order valence-corrected chi connectivity index (χ4v) is 7.93. The number of carbonyl (C=O) groups excluding carboxylic acids is 1. The number of tetrazole rings is 1. The zero-order valence-electron chi connectivity index (χ0n) is 30.4. The van der Waals surface area contributed by atoms with E-state index in [2.05, 4.69) is 95.2 Å². The summed E-state index contributed by atoms with van der Waals surface area (Å²) in [4.78, 5) is 30.5. The van der Waals surface area contributed by atoms with Crippen LogP contribution in [0, 0.1) is 0 Å². The molecule has 7 aromatic rings. The van der Waals surface area contributed by atoms with Crippen LogP contribution in [0.25, 0.3) is 22.5 Å². The van der Waals surface area contributed by atoms with Gasteiger partial charge < -0.3 is 4.57 Å². The molecule has 5 aromatic carbocycles. The number of fused-ring (bicyclic) bond motifs is 1. The smallest absolute Gasteiger partial charge is 0.278 e. The topological polar surface area (TPSA) is 108 Å². The zero-order valence-corrected chi connectivity index (χ0v) is 30.4. The monoisotopic (exact) mass is 711 g/mol. The first kappa shape index (κ1) is 34.6. The number of hydrogen-bond acceptors (Lipinski definition) is 6. The van der Waals surface area contributed by atoms with Crippen molar-refractivity contribution in [3.05, 3.63) is 183 Å². The molecule has 268 valence electrons. The van der Waals surface area contributed by atoms with Gasteiger partial charge in [-0.05, 0) is 63.1 Å². The van der Waals surface area contributed by atoms with E-state index < -0.39 is 5.54 Å². The molecule has 2 aromatic heterocycles. The van der Waals surface area contributed by atoms with Crippen molar-refractivity contribution in [2.24, 2.45) is 0 Å².